The summed E-state index contributed by atoms with van der Waals surface area (Å²) in [6.07, 6.45) is 1.63. The molecule has 1 aromatic carbocycles. The number of rotatable bonds is 6. The van der Waals surface area contributed by atoms with Gasteiger partial charge in [-0.2, -0.15) is 0 Å². The van der Waals surface area contributed by atoms with Gasteiger partial charge in [-0.25, -0.2) is 14.8 Å². The number of H-pyrrole nitrogens is 1. The standard InChI is InChI=1S/C20H26N4O3/c1-11(2)13-6-7-17(27-5)14(8-13)15-9-21-18-19(22-15)24(20(26)23-18)16(10-25)12(3)4/h6-9,11-12,16,25H,10H2,1-5H3,(H,21,23,26). The molecule has 2 heterocycles. The molecule has 0 aliphatic carbocycles. The molecule has 0 saturated carbocycles. The Hall–Kier alpha value is -2.67. The fourth-order valence-corrected chi connectivity index (χ4v) is 3.21. The van der Waals surface area contributed by atoms with Gasteiger partial charge >= 0.3 is 5.69 Å². The van der Waals surface area contributed by atoms with Gasteiger partial charge in [0.05, 0.1) is 31.6 Å². The molecule has 27 heavy (non-hydrogen) atoms. The van der Waals surface area contributed by atoms with Gasteiger partial charge < -0.3 is 9.84 Å². The van der Waals surface area contributed by atoms with Crippen LogP contribution in [0.2, 0.25) is 0 Å². The van der Waals surface area contributed by atoms with Crippen LogP contribution in [-0.4, -0.2) is 38.3 Å². The summed E-state index contributed by atoms with van der Waals surface area (Å²) in [5.41, 5.74) is 3.12. The maximum Gasteiger partial charge on any atom is 0.329 e. The molecule has 7 heteroatoms. The predicted octanol–water partition coefficient (Wildman–Crippen LogP) is 3.11. The topological polar surface area (TPSA) is 93.0 Å². The smallest absolute Gasteiger partial charge is 0.329 e. The molecular formula is C20H26N4O3. The Bertz CT molecular complexity index is 1000. The van der Waals surface area contributed by atoms with Crippen LogP contribution in [-0.2, 0) is 0 Å². The molecule has 2 N–H and O–H groups in total. The largest absolute Gasteiger partial charge is 0.496 e. The van der Waals surface area contributed by atoms with Gasteiger partial charge in [0.2, 0.25) is 0 Å². The zero-order valence-corrected chi connectivity index (χ0v) is 16.4. The Labute approximate surface area is 158 Å². The molecule has 144 valence electrons. The molecule has 0 saturated heterocycles. The number of aliphatic hydroxyl groups is 1. The lowest BCUT2D eigenvalue weighted by Gasteiger charge is -2.19. The lowest BCUT2D eigenvalue weighted by atomic mass is 9.99. The molecule has 0 spiro atoms. The summed E-state index contributed by atoms with van der Waals surface area (Å²) in [6, 6.07) is 5.62. The van der Waals surface area contributed by atoms with Gasteiger partial charge in [0, 0.05) is 5.56 Å². The molecule has 7 nitrogen and oxygen atoms in total. The van der Waals surface area contributed by atoms with E-state index in [0.717, 1.165) is 11.1 Å². The van der Waals surface area contributed by atoms with E-state index in [1.807, 2.05) is 32.0 Å². The van der Waals surface area contributed by atoms with Crippen LogP contribution in [0.5, 0.6) is 5.75 Å². The van der Waals surface area contributed by atoms with Gasteiger partial charge in [0.15, 0.2) is 11.3 Å². The van der Waals surface area contributed by atoms with Crippen LogP contribution in [0.15, 0.2) is 29.2 Å². The Morgan fingerprint density at radius 1 is 1.26 bits per heavy atom. The number of nitrogens with one attached hydrogen (secondary N) is 1. The summed E-state index contributed by atoms with van der Waals surface area (Å²) in [6.45, 7) is 8.01. The summed E-state index contributed by atoms with van der Waals surface area (Å²) in [5, 5.41) is 9.78. The molecule has 0 fully saturated rings. The maximum atomic E-state index is 12.4. The number of methoxy groups -OCH3 is 1. The quantitative estimate of drug-likeness (QED) is 0.695. The number of nitrogens with zero attached hydrogens (tertiary/aromatic N) is 3. The van der Waals surface area contributed by atoms with E-state index in [0.29, 0.717) is 28.7 Å². The monoisotopic (exact) mass is 370 g/mol. The fourth-order valence-electron chi connectivity index (χ4n) is 3.21. The number of imidazole rings is 1. The molecule has 0 aliphatic heterocycles. The minimum absolute atomic E-state index is 0.0657. The third-order valence-corrected chi connectivity index (χ3v) is 4.88. The van der Waals surface area contributed by atoms with Crippen molar-refractivity contribution in [3.8, 4) is 17.0 Å². The zero-order chi connectivity index (χ0) is 19.7. The van der Waals surface area contributed by atoms with Crippen molar-refractivity contribution in [1.29, 1.82) is 0 Å². The summed E-state index contributed by atoms with van der Waals surface area (Å²) in [5.74, 6) is 1.12. The van der Waals surface area contributed by atoms with Crippen LogP contribution in [0.3, 0.4) is 0 Å². The summed E-state index contributed by atoms with van der Waals surface area (Å²) >= 11 is 0. The average molecular weight is 370 g/mol. The fraction of sp³-hybridized carbons (Fsp3) is 0.450. The van der Waals surface area contributed by atoms with Crippen LogP contribution in [0.25, 0.3) is 22.6 Å². The van der Waals surface area contributed by atoms with Gasteiger partial charge in [0.25, 0.3) is 0 Å². The molecular weight excluding hydrogens is 344 g/mol. The van der Waals surface area contributed by atoms with E-state index >= 15 is 0 Å². The number of benzene rings is 1. The number of aromatic nitrogens is 4. The summed E-state index contributed by atoms with van der Waals surface area (Å²) in [4.78, 5) is 24.3. The molecule has 0 bridgehead atoms. The van der Waals surface area contributed by atoms with Crippen molar-refractivity contribution < 1.29 is 9.84 Å². The first-order valence-electron chi connectivity index (χ1n) is 9.13. The predicted molar refractivity (Wildman–Crippen MR) is 105 cm³/mol. The number of aliphatic hydroxyl groups excluding tert-OH is 1. The van der Waals surface area contributed by atoms with Gasteiger partial charge in [0.1, 0.15) is 5.75 Å². The Kier molecular flexibility index (Phi) is 5.32. The van der Waals surface area contributed by atoms with Gasteiger partial charge in [-0.05, 0) is 29.5 Å². The Morgan fingerprint density at radius 2 is 2.00 bits per heavy atom. The van der Waals surface area contributed by atoms with E-state index in [9.17, 15) is 9.90 Å². The Morgan fingerprint density at radius 3 is 2.59 bits per heavy atom. The number of ether oxygens (including phenoxy) is 1. The first-order valence-corrected chi connectivity index (χ1v) is 9.13. The second-order valence-corrected chi connectivity index (χ2v) is 7.34. The third kappa shape index (κ3) is 3.47. The van der Waals surface area contributed by atoms with E-state index < -0.39 is 0 Å². The highest BCUT2D eigenvalue weighted by atomic mass is 16.5. The zero-order valence-electron chi connectivity index (χ0n) is 16.4. The highest BCUT2D eigenvalue weighted by molar-refractivity contribution is 5.74. The van der Waals surface area contributed by atoms with E-state index in [1.54, 1.807) is 13.3 Å². The van der Waals surface area contributed by atoms with Crippen LogP contribution in [0.1, 0.15) is 45.2 Å². The van der Waals surface area contributed by atoms with Crippen molar-refractivity contribution in [2.24, 2.45) is 5.92 Å². The molecule has 2 aromatic heterocycles. The molecule has 3 aromatic rings. The van der Waals surface area contributed by atoms with Crippen molar-refractivity contribution in [2.45, 2.75) is 39.7 Å². The van der Waals surface area contributed by atoms with E-state index in [1.165, 1.54) is 4.57 Å². The summed E-state index contributed by atoms with van der Waals surface area (Å²) in [7, 11) is 1.62. The van der Waals surface area contributed by atoms with Crippen molar-refractivity contribution in [3.63, 3.8) is 0 Å². The average Bonchev–Trinajstić information content (AvgIpc) is 2.96. The highest BCUT2D eigenvalue weighted by Gasteiger charge is 2.22. The second kappa shape index (κ2) is 7.52. The number of fused-ring (bicyclic) bond motifs is 1. The van der Waals surface area contributed by atoms with Crippen molar-refractivity contribution in [3.05, 3.63) is 40.4 Å². The van der Waals surface area contributed by atoms with Crippen LogP contribution >= 0.6 is 0 Å². The lowest BCUT2D eigenvalue weighted by Crippen LogP contribution is -2.28. The molecule has 0 amide bonds. The second-order valence-electron chi connectivity index (χ2n) is 7.34. The molecule has 1 unspecified atom stereocenters. The van der Waals surface area contributed by atoms with Gasteiger partial charge in [-0.3, -0.25) is 9.55 Å². The van der Waals surface area contributed by atoms with Crippen LogP contribution in [0, 0.1) is 5.92 Å². The minimum Gasteiger partial charge on any atom is -0.496 e. The van der Waals surface area contributed by atoms with Gasteiger partial charge in [-0.1, -0.05) is 33.8 Å². The molecule has 0 aliphatic rings. The normalized spacial score (nSPS) is 12.9. The van der Waals surface area contributed by atoms with E-state index in [2.05, 4.69) is 23.8 Å². The SMILES string of the molecule is COc1ccc(C(C)C)cc1-c1cnc2[nH]c(=O)n(C(CO)C(C)C)c2n1. The molecule has 0 radical (unpaired) electrons. The molecule has 3 rings (SSSR count). The van der Waals surface area contributed by atoms with E-state index in [-0.39, 0.29) is 24.3 Å². The van der Waals surface area contributed by atoms with Crippen LogP contribution in [0.4, 0.5) is 0 Å². The molecule has 1 atom stereocenters. The van der Waals surface area contributed by atoms with Crippen molar-refractivity contribution >= 4 is 11.3 Å². The van der Waals surface area contributed by atoms with Crippen molar-refractivity contribution in [1.82, 2.24) is 19.5 Å². The number of hydrogen-bond acceptors (Lipinski definition) is 5. The maximum absolute atomic E-state index is 12.4. The van der Waals surface area contributed by atoms with Gasteiger partial charge in [-0.15, -0.1) is 0 Å². The highest BCUT2D eigenvalue weighted by Crippen LogP contribution is 2.32. The third-order valence-electron chi connectivity index (χ3n) is 4.88. The number of hydrogen-bond donors (Lipinski definition) is 2. The summed E-state index contributed by atoms with van der Waals surface area (Å²) < 4.78 is 7.00. The van der Waals surface area contributed by atoms with E-state index in [4.69, 9.17) is 9.72 Å². The number of aromatic amines is 1. The minimum atomic E-state index is -0.375. The Balaban J connectivity index is 2.23. The lowest BCUT2D eigenvalue weighted by molar-refractivity contribution is 0.193. The first kappa shape index (κ1) is 19.1. The van der Waals surface area contributed by atoms with Crippen LogP contribution < -0.4 is 10.4 Å². The first-order chi connectivity index (χ1) is 12.9. The van der Waals surface area contributed by atoms with Crippen molar-refractivity contribution in [2.75, 3.05) is 13.7 Å².